The number of nitrogens with zero attached hydrogens (tertiary/aromatic N) is 3. The van der Waals surface area contributed by atoms with E-state index in [1.807, 2.05) is 28.8 Å². The number of allylic oxidation sites excluding steroid dienone is 1. The molecule has 2 aliphatic heterocycles. The van der Waals surface area contributed by atoms with Crippen LogP contribution in [0.15, 0.2) is 53.9 Å². The Balaban J connectivity index is 1.59. The quantitative estimate of drug-likeness (QED) is 0.539. The fourth-order valence-corrected chi connectivity index (χ4v) is 4.46. The second-order valence-corrected chi connectivity index (χ2v) is 8.65. The fourth-order valence-electron chi connectivity index (χ4n) is 4.46. The minimum Gasteiger partial charge on any atom is -0.388 e. The monoisotopic (exact) mass is 434 g/mol. The maximum atomic E-state index is 12.8. The van der Waals surface area contributed by atoms with E-state index in [4.69, 9.17) is 4.74 Å². The first-order chi connectivity index (χ1) is 15.6. The first-order valence-electron chi connectivity index (χ1n) is 11.6. The molecule has 0 spiro atoms. The van der Waals surface area contributed by atoms with Crippen LogP contribution in [0, 0.1) is 0 Å². The van der Waals surface area contributed by atoms with Crippen molar-refractivity contribution in [3.63, 3.8) is 0 Å². The van der Waals surface area contributed by atoms with Crippen molar-refractivity contribution in [2.75, 3.05) is 0 Å². The molecule has 2 aliphatic rings. The van der Waals surface area contributed by atoms with Crippen LogP contribution >= 0.6 is 0 Å². The number of amidine groups is 1. The van der Waals surface area contributed by atoms with E-state index in [0.717, 1.165) is 32.1 Å². The average molecular weight is 434 g/mol. The smallest absolute Gasteiger partial charge is 0.256 e. The summed E-state index contributed by atoms with van der Waals surface area (Å²) in [6, 6.07) is 9.05. The van der Waals surface area contributed by atoms with Crippen LogP contribution < -0.4 is 5.32 Å². The average Bonchev–Trinajstić information content (AvgIpc) is 3.38. The van der Waals surface area contributed by atoms with E-state index in [1.165, 1.54) is 6.32 Å². The molecule has 1 aromatic heterocycles. The molecule has 0 radical (unpaired) electrons. The van der Waals surface area contributed by atoms with Crippen LogP contribution in [0.2, 0.25) is 12.6 Å². The number of carbonyl (C=O) groups is 1. The second-order valence-electron chi connectivity index (χ2n) is 8.65. The molecule has 1 amide bonds. The molecule has 0 aliphatic carbocycles. The third-order valence-corrected chi connectivity index (χ3v) is 6.16. The molecule has 7 nitrogen and oxygen atoms in total. The number of imidazole rings is 1. The minimum absolute atomic E-state index is 0.0503. The molecule has 1 aromatic carbocycles. The number of carbonyl (C=O) groups excluding carboxylic acids is 1. The number of aromatic nitrogens is 2. The summed E-state index contributed by atoms with van der Waals surface area (Å²) in [6.45, 7) is 4.30. The summed E-state index contributed by atoms with van der Waals surface area (Å²) in [4.78, 5) is 21.9. The van der Waals surface area contributed by atoms with Crippen LogP contribution in [0.1, 0.15) is 67.0 Å². The molecule has 2 aromatic rings. The molecular weight excluding hydrogens is 403 g/mol. The highest BCUT2D eigenvalue weighted by molar-refractivity contribution is 6.35. The normalized spacial score (nSPS) is 27.5. The van der Waals surface area contributed by atoms with Crippen LogP contribution in [-0.4, -0.2) is 45.9 Å². The van der Waals surface area contributed by atoms with Crippen molar-refractivity contribution in [1.82, 2.24) is 14.9 Å². The lowest BCUT2D eigenvalue weighted by Crippen LogP contribution is -2.33. The van der Waals surface area contributed by atoms with E-state index in [9.17, 15) is 9.90 Å². The number of amides is 1. The Morgan fingerprint density at radius 1 is 1.34 bits per heavy atom. The van der Waals surface area contributed by atoms with E-state index < -0.39 is 12.3 Å². The first-order valence-corrected chi connectivity index (χ1v) is 11.6. The molecule has 0 saturated carbocycles. The van der Waals surface area contributed by atoms with Gasteiger partial charge in [0, 0.05) is 24.1 Å². The van der Waals surface area contributed by atoms with Gasteiger partial charge in [0.05, 0.1) is 18.1 Å². The lowest BCUT2D eigenvalue weighted by atomic mass is 9.68. The first kappa shape index (κ1) is 22.5. The number of benzene rings is 1. The lowest BCUT2D eigenvalue weighted by molar-refractivity contribution is -0.0338. The number of aliphatic hydroxyl groups excluding tert-OH is 1. The van der Waals surface area contributed by atoms with Crippen LogP contribution in [0.25, 0.3) is 0 Å². The largest absolute Gasteiger partial charge is 0.388 e. The summed E-state index contributed by atoms with van der Waals surface area (Å²) in [6.07, 6.45) is 9.09. The van der Waals surface area contributed by atoms with Gasteiger partial charge in [-0.2, -0.15) is 0 Å². The molecule has 32 heavy (non-hydrogen) atoms. The van der Waals surface area contributed by atoms with Gasteiger partial charge in [-0.05, 0) is 18.6 Å². The summed E-state index contributed by atoms with van der Waals surface area (Å²) in [5.74, 6) is 0.292. The number of aliphatic imine (C=N–C) groups is 1. The van der Waals surface area contributed by atoms with Crippen molar-refractivity contribution in [2.24, 2.45) is 4.99 Å². The van der Waals surface area contributed by atoms with Gasteiger partial charge in [-0.15, -0.1) is 0 Å². The molecule has 1 saturated heterocycles. The van der Waals surface area contributed by atoms with E-state index in [1.54, 1.807) is 24.7 Å². The number of aliphatic hydroxyl groups is 1. The molecule has 1 unspecified atom stereocenters. The minimum atomic E-state index is -0.590. The highest BCUT2D eigenvalue weighted by Gasteiger charge is 2.37. The van der Waals surface area contributed by atoms with Crippen LogP contribution in [0.5, 0.6) is 0 Å². The van der Waals surface area contributed by atoms with Gasteiger partial charge in [0.1, 0.15) is 19.1 Å². The topological polar surface area (TPSA) is 88.7 Å². The number of rotatable bonds is 6. The Labute approximate surface area is 189 Å². The number of hydrogen-bond acceptors (Lipinski definition) is 5. The molecule has 3 heterocycles. The Kier molecular flexibility index (Phi) is 7.22. The zero-order valence-electron chi connectivity index (χ0n) is 18.8. The van der Waals surface area contributed by atoms with E-state index >= 15 is 0 Å². The summed E-state index contributed by atoms with van der Waals surface area (Å²) >= 11 is 0. The predicted molar refractivity (Wildman–Crippen MR) is 126 cm³/mol. The van der Waals surface area contributed by atoms with Gasteiger partial charge in [-0.3, -0.25) is 4.79 Å². The fraction of sp³-hybridized carbons (Fsp3) is 0.458. The van der Waals surface area contributed by atoms with Crippen molar-refractivity contribution in [1.29, 1.82) is 0 Å². The van der Waals surface area contributed by atoms with Crippen molar-refractivity contribution in [2.45, 2.75) is 70.1 Å². The number of ether oxygens (including phenoxy) is 1. The molecule has 8 heteroatoms. The van der Waals surface area contributed by atoms with Gasteiger partial charge >= 0.3 is 0 Å². The van der Waals surface area contributed by atoms with E-state index in [0.29, 0.717) is 23.5 Å². The third-order valence-electron chi connectivity index (χ3n) is 6.16. The SMILES string of the molecule is CCCBC[C@@H]1C[C@@H](O)[C@H](n2cnc3c2C(C)C/C=C/N=C\3NC(=O)c2ccccc2)O1. The standard InChI is InChI=1S/C24H31BN4O3/c1-3-11-25-14-18-13-19(30)24(32-18)29-15-27-20-21(29)16(2)8-7-12-26-22(20)28-23(31)17-9-5-4-6-10-17/h4-7,9-10,12,15-16,18-19,24-25,30H,3,8,11,13-14H2,1-2H3,(H,26,28,31)/b12-7+/t16?,18-,19+,24+/m0/s1. The molecular formula is C24H31BN4O3. The number of hydrogen-bond donors (Lipinski definition) is 2. The van der Waals surface area contributed by atoms with Gasteiger partial charge in [0.2, 0.25) is 0 Å². The van der Waals surface area contributed by atoms with Crippen LogP contribution in [-0.2, 0) is 4.74 Å². The van der Waals surface area contributed by atoms with Gasteiger partial charge < -0.3 is 19.7 Å². The Hall–Kier alpha value is -2.71. The molecule has 4 atom stereocenters. The van der Waals surface area contributed by atoms with Crippen molar-refractivity contribution >= 4 is 19.0 Å². The molecule has 2 N–H and O–H groups in total. The van der Waals surface area contributed by atoms with Crippen LogP contribution in [0.3, 0.4) is 0 Å². The third kappa shape index (κ3) is 4.86. The molecule has 1 fully saturated rings. The molecule has 168 valence electrons. The lowest BCUT2D eigenvalue weighted by Gasteiger charge is -2.23. The van der Waals surface area contributed by atoms with Crippen molar-refractivity contribution in [3.8, 4) is 0 Å². The van der Waals surface area contributed by atoms with Gasteiger partial charge in [-0.25, -0.2) is 9.98 Å². The zero-order valence-corrected chi connectivity index (χ0v) is 18.8. The van der Waals surface area contributed by atoms with Crippen molar-refractivity contribution < 1.29 is 14.6 Å². The predicted octanol–water partition coefficient (Wildman–Crippen LogP) is 3.41. The molecule has 4 rings (SSSR count). The van der Waals surface area contributed by atoms with Gasteiger partial charge in [-0.1, -0.05) is 57.2 Å². The number of fused-ring (bicyclic) bond motifs is 1. The highest BCUT2D eigenvalue weighted by atomic mass is 16.5. The van der Waals surface area contributed by atoms with Crippen molar-refractivity contribution in [3.05, 3.63) is 65.9 Å². The maximum Gasteiger partial charge on any atom is 0.256 e. The van der Waals surface area contributed by atoms with Crippen LogP contribution in [0.4, 0.5) is 0 Å². The summed E-state index contributed by atoms with van der Waals surface area (Å²) in [7, 11) is 1.10. The highest BCUT2D eigenvalue weighted by Crippen LogP contribution is 2.35. The zero-order chi connectivity index (χ0) is 22.5. The summed E-state index contributed by atoms with van der Waals surface area (Å²) in [5.41, 5.74) is 2.09. The summed E-state index contributed by atoms with van der Waals surface area (Å²) in [5, 5.41) is 13.7. The Morgan fingerprint density at radius 2 is 2.16 bits per heavy atom. The Bertz CT molecular complexity index is 988. The summed E-state index contributed by atoms with van der Waals surface area (Å²) < 4.78 is 8.20. The van der Waals surface area contributed by atoms with Gasteiger partial charge in [0.15, 0.2) is 12.1 Å². The second kappa shape index (κ2) is 10.3. The maximum absolute atomic E-state index is 12.8. The van der Waals surface area contributed by atoms with E-state index in [2.05, 4.69) is 29.1 Å². The van der Waals surface area contributed by atoms with Gasteiger partial charge in [0.25, 0.3) is 5.91 Å². The van der Waals surface area contributed by atoms with E-state index in [-0.39, 0.29) is 17.9 Å². The Morgan fingerprint density at radius 3 is 2.94 bits per heavy atom. The number of nitrogens with one attached hydrogen (secondary N) is 1. The molecule has 0 bridgehead atoms.